The number of phenols is 1. The summed E-state index contributed by atoms with van der Waals surface area (Å²) in [6.45, 7) is 0.778. The lowest BCUT2D eigenvalue weighted by Crippen LogP contribution is -2.21. The Morgan fingerprint density at radius 3 is 2.93 bits per heavy atom. The van der Waals surface area contributed by atoms with E-state index >= 15 is 0 Å². The molecule has 0 spiro atoms. The van der Waals surface area contributed by atoms with Gasteiger partial charge in [-0.2, -0.15) is 0 Å². The predicted octanol–water partition coefficient (Wildman–Crippen LogP) is 0.904. The molecule has 1 aromatic carbocycles. The van der Waals surface area contributed by atoms with Crippen LogP contribution in [0.15, 0.2) is 18.2 Å². The minimum atomic E-state index is -0.684. The van der Waals surface area contributed by atoms with Crippen molar-refractivity contribution in [3.05, 3.63) is 29.6 Å². The maximum atomic E-state index is 13.0. The van der Waals surface area contributed by atoms with Crippen molar-refractivity contribution < 1.29 is 19.0 Å². The van der Waals surface area contributed by atoms with Gasteiger partial charge in [-0.25, -0.2) is 4.39 Å². The minimum Gasteiger partial charge on any atom is -0.505 e. The molecule has 1 fully saturated rings. The number of rotatable bonds is 2. The Balaban J connectivity index is 2.13. The van der Waals surface area contributed by atoms with Crippen molar-refractivity contribution in [2.75, 3.05) is 13.2 Å². The highest BCUT2D eigenvalue weighted by Gasteiger charge is 2.26. The Bertz CT molecular complexity index is 359. The lowest BCUT2D eigenvalue weighted by atomic mass is 10.2. The summed E-state index contributed by atoms with van der Waals surface area (Å²) in [5, 5.41) is 9.01. The van der Waals surface area contributed by atoms with Crippen LogP contribution in [0.25, 0.3) is 0 Å². The highest BCUT2D eigenvalue weighted by molar-refractivity contribution is 5.28. The van der Waals surface area contributed by atoms with Gasteiger partial charge in [0, 0.05) is 12.1 Å². The summed E-state index contributed by atoms with van der Waals surface area (Å²) in [6, 6.07) is 4.02. The smallest absolute Gasteiger partial charge is 0.184 e. The molecule has 1 aromatic rings. The van der Waals surface area contributed by atoms with Gasteiger partial charge in [-0.05, 0) is 12.1 Å². The molecule has 0 amide bonds. The maximum Gasteiger partial charge on any atom is 0.184 e. The summed E-state index contributed by atoms with van der Waals surface area (Å²) in [7, 11) is 0. The molecule has 82 valence electrons. The van der Waals surface area contributed by atoms with Crippen LogP contribution in [0.4, 0.5) is 4.39 Å². The van der Waals surface area contributed by atoms with Gasteiger partial charge in [0.25, 0.3) is 0 Å². The lowest BCUT2D eigenvalue weighted by molar-refractivity contribution is -0.0587. The molecule has 3 N–H and O–H groups in total. The Morgan fingerprint density at radius 2 is 2.33 bits per heavy atom. The van der Waals surface area contributed by atoms with Gasteiger partial charge in [-0.1, -0.05) is 6.07 Å². The number of ether oxygens (including phenoxy) is 2. The Hall–Kier alpha value is -1.17. The van der Waals surface area contributed by atoms with Gasteiger partial charge in [0.2, 0.25) is 0 Å². The number of hydrogen-bond acceptors (Lipinski definition) is 4. The SMILES string of the molecule is NCC1COC(c2ccc(O)c(F)c2)O1. The molecular formula is C10H12FNO3. The van der Waals surface area contributed by atoms with E-state index in [1.165, 1.54) is 12.1 Å². The Morgan fingerprint density at radius 1 is 1.53 bits per heavy atom. The number of hydrogen-bond donors (Lipinski definition) is 2. The number of aromatic hydroxyl groups is 1. The van der Waals surface area contributed by atoms with Crippen molar-refractivity contribution >= 4 is 0 Å². The van der Waals surface area contributed by atoms with E-state index in [0.29, 0.717) is 18.7 Å². The largest absolute Gasteiger partial charge is 0.505 e. The molecule has 1 saturated heterocycles. The predicted molar refractivity (Wildman–Crippen MR) is 50.7 cm³/mol. The van der Waals surface area contributed by atoms with Crippen LogP contribution in [0.3, 0.4) is 0 Å². The average molecular weight is 213 g/mol. The van der Waals surface area contributed by atoms with E-state index < -0.39 is 12.1 Å². The van der Waals surface area contributed by atoms with E-state index in [0.717, 1.165) is 0 Å². The van der Waals surface area contributed by atoms with Crippen LogP contribution >= 0.6 is 0 Å². The highest BCUT2D eigenvalue weighted by Crippen LogP contribution is 2.28. The maximum absolute atomic E-state index is 13.0. The first kappa shape index (κ1) is 10.4. The fraction of sp³-hybridized carbons (Fsp3) is 0.400. The molecule has 0 aromatic heterocycles. The average Bonchev–Trinajstić information content (AvgIpc) is 2.70. The summed E-state index contributed by atoms with van der Waals surface area (Å²) < 4.78 is 23.7. The summed E-state index contributed by atoms with van der Waals surface area (Å²) in [6.07, 6.45) is -0.736. The van der Waals surface area contributed by atoms with E-state index in [1.54, 1.807) is 6.07 Å². The monoisotopic (exact) mass is 213 g/mol. The first-order valence-electron chi connectivity index (χ1n) is 4.66. The van der Waals surface area contributed by atoms with Crippen LogP contribution in [0, 0.1) is 5.82 Å². The molecule has 2 rings (SSSR count). The molecule has 5 heteroatoms. The molecule has 2 atom stereocenters. The minimum absolute atomic E-state index is 0.146. The normalized spacial score (nSPS) is 25.7. The van der Waals surface area contributed by atoms with Gasteiger partial charge in [-0.3, -0.25) is 0 Å². The van der Waals surface area contributed by atoms with Gasteiger partial charge in [0.15, 0.2) is 17.9 Å². The van der Waals surface area contributed by atoms with Crippen LogP contribution in [0.2, 0.25) is 0 Å². The third-order valence-electron chi connectivity index (χ3n) is 2.26. The molecule has 2 unspecified atom stereocenters. The van der Waals surface area contributed by atoms with Gasteiger partial charge >= 0.3 is 0 Å². The molecule has 0 radical (unpaired) electrons. The van der Waals surface area contributed by atoms with Gasteiger partial charge in [0.1, 0.15) is 0 Å². The molecule has 0 saturated carbocycles. The van der Waals surface area contributed by atoms with Crippen molar-refractivity contribution in [3.63, 3.8) is 0 Å². The Labute approximate surface area is 86.4 Å². The molecule has 1 heterocycles. The van der Waals surface area contributed by atoms with Crippen LogP contribution in [-0.4, -0.2) is 24.4 Å². The van der Waals surface area contributed by atoms with E-state index in [9.17, 15) is 4.39 Å². The van der Waals surface area contributed by atoms with Crippen LogP contribution in [-0.2, 0) is 9.47 Å². The lowest BCUT2D eigenvalue weighted by Gasteiger charge is -2.10. The second-order valence-corrected chi connectivity index (χ2v) is 3.37. The molecule has 0 aliphatic carbocycles. The van der Waals surface area contributed by atoms with Crippen molar-refractivity contribution in [2.45, 2.75) is 12.4 Å². The third-order valence-corrected chi connectivity index (χ3v) is 2.26. The van der Waals surface area contributed by atoms with Crippen molar-refractivity contribution in [3.8, 4) is 5.75 Å². The van der Waals surface area contributed by atoms with E-state index in [1.807, 2.05) is 0 Å². The summed E-state index contributed by atoms with van der Waals surface area (Å²) in [5.74, 6) is -1.07. The fourth-order valence-electron chi connectivity index (χ4n) is 1.42. The molecule has 1 aliphatic heterocycles. The topological polar surface area (TPSA) is 64.7 Å². The standard InChI is InChI=1S/C10H12FNO3/c11-8-3-6(1-2-9(8)13)10-14-5-7(4-12)15-10/h1-3,7,10,13H,4-5,12H2. The van der Waals surface area contributed by atoms with Crippen LogP contribution in [0.1, 0.15) is 11.9 Å². The van der Waals surface area contributed by atoms with Gasteiger partial charge < -0.3 is 20.3 Å². The zero-order valence-electron chi connectivity index (χ0n) is 8.02. The number of phenolic OH excluding ortho intramolecular Hbond substituents is 1. The van der Waals surface area contributed by atoms with Gasteiger partial charge in [0.05, 0.1) is 12.7 Å². The second kappa shape index (κ2) is 4.14. The fourth-order valence-corrected chi connectivity index (χ4v) is 1.42. The zero-order valence-corrected chi connectivity index (χ0v) is 8.02. The number of nitrogens with two attached hydrogens (primary N) is 1. The summed E-state index contributed by atoms with van der Waals surface area (Å²) in [4.78, 5) is 0. The highest BCUT2D eigenvalue weighted by atomic mass is 19.1. The molecule has 15 heavy (non-hydrogen) atoms. The first-order chi connectivity index (χ1) is 7.20. The summed E-state index contributed by atoms with van der Waals surface area (Å²) in [5.41, 5.74) is 5.95. The van der Waals surface area contributed by atoms with Crippen molar-refractivity contribution in [2.24, 2.45) is 5.73 Å². The van der Waals surface area contributed by atoms with Crippen molar-refractivity contribution in [1.82, 2.24) is 0 Å². The van der Waals surface area contributed by atoms with Gasteiger partial charge in [-0.15, -0.1) is 0 Å². The third kappa shape index (κ3) is 2.09. The summed E-state index contributed by atoms with van der Waals surface area (Å²) >= 11 is 0. The van der Waals surface area contributed by atoms with E-state index in [4.69, 9.17) is 20.3 Å². The van der Waals surface area contributed by atoms with Crippen molar-refractivity contribution in [1.29, 1.82) is 0 Å². The number of benzene rings is 1. The molecule has 1 aliphatic rings. The van der Waals surface area contributed by atoms with Crippen LogP contribution in [0.5, 0.6) is 5.75 Å². The first-order valence-corrected chi connectivity index (χ1v) is 4.66. The van der Waals surface area contributed by atoms with E-state index in [-0.39, 0.29) is 11.9 Å². The van der Waals surface area contributed by atoms with E-state index in [2.05, 4.69) is 0 Å². The quantitative estimate of drug-likeness (QED) is 0.766. The molecule has 0 bridgehead atoms. The zero-order chi connectivity index (χ0) is 10.8. The second-order valence-electron chi connectivity index (χ2n) is 3.37. The molecule has 4 nitrogen and oxygen atoms in total. The van der Waals surface area contributed by atoms with Crippen LogP contribution < -0.4 is 5.73 Å². The Kier molecular flexibility index (Phi) is 2.86. The number of halogens is 1. The molecular weight excluding hydrogens is 201 g/mol.